The van der Waals surface area contributed by atoms with E-state index in [0.717, 1.165) is 5.92 Å². The zero-order valence-corrected chi connectivity index (χ0v) is 9.08. The Morgan fingerprint density at radius 3 is 3.13 bits per heavy atom. The second kappa shape index (κ2) is 3.86. The maximum atomic E-state index is 3.44. The fraction of sp³-hybridized carbons (Fsp3) is 0.538. The third-order valence-corrected chi connectivity index (χ3v) is 3.62. The topological polar surface area (TPSA) is 15.3 Å². The van der Waals surface area contributed by atoms with Crippen molar-refractivity contribution < 1.29 is 0 Å². The van der Waals surface area contributed by atoms with E-state index in [1.807, 2.05) is 0 Å². The molecule has 1 N–H and O–H groups in total. The van der Waals surface area contributed by atoms with Gasteiger partial charge < -0.3 is 10.2 Å². The van der Waals surface area contributed by atoms with Gasteiger partial charge in [0, 0.05) is 18.8 Å². The van der Waals surface area contributed by atoms with Crippen LogP contribution in [0.5, 0.6) is 0 Å². The fourth-order valence-corrected chi connectivity index (χ4v) is 2.78. The number of hydrogen-bond acceptors (Lipinski definition) is 2. The van der Waals surface area contributed by atoms with Crippen LogP contribution in [0.25, 0.3) is 0 Å². The van der Waals surface area contributed by atoms with Gasteiger partial charge in [-0.3, -0.25) is 0 Å². The predicted molar refractivity (Wildman–Crippen MR) is 63.3 cm³/mol. The van der Waals surface area contributed by atoms with Gasteiger partial charge in [0.25, 0.3) is 0 Å². The summed E-state index contributed by atoms with van der Waals surface area (Å²) in [7, 11) is 0. The number of anilines is 1. The third-order valence-electron chi connectivity index (χ3n) is 3.62. The molecule has 0 spiro atoms. The Labute approximate surface area is 91.3 Å². The molecule has 2 aliphatic rings. The Bertz CT molecular complexity index is 342. The lowest BCUT2D eigenvalue weighted by atomic mass is 10.1. The van der Waals surface area contributed by atoms with E-state index in [1.54, 1.807) is 0 Å². The van der Waals surface area contributed by atoms with Crippen LogP contribution in [0.2, 0.25) is 0 Å². The highest BCUT2D eigenvalue weighted by atomic mass is 15.2. The van der Waals surface area contributed by atoms with Crippen LogP contribution in [0, 0.1) is 5.92 Å². The largest absolute Gasteiger partial charge is 0.371 e. The average Bonchev–Trinajstić information content (AvgIpc) is 2.89. The molecule has 2 nitrogen and oxygen atoms in total. The molecule has 0 saturated carbocycles. The van der Waals surface area contributed by atoms with Crippen molar-refractivity contribution >= 4 is 5.69 Å². The van der Waals surface area contributed by atoms with Gasteiger partial charge in [0.2, 0.25) is 0 Å². The number of fused-ring (bicyclic) bond motifs is 1. The molecular formula is C13H18N2. The maximum Gasteiger partial charge on any atom is 0.0399 e. The summed E-state index contributed by atoms with van der Waals surface area (Å²) in [6.07, 6.45) is 2.58. The van der Waals surface area contributed by atoms with Gasteiger partial charge in [-0.25, -0.2) is 0 Å². The molecule has 1 atom stereocenters. The van der Waals surface area contributed by atoms with Crippen LogP contribution in [0.1, 0.15) is 12.0 Å². The van der Waals surface area contributed by atoms with E-state index in [4.69, 9.17) is 0 Å². The Hall–Kier alpha value is -1.02. The van der Waals surface area contributed by atoms with Crippen LogP contribution in [0.15, 0.2) is 24.3 Å². The quantitative estimate of drug-likeness (QED) is 0.784. The summed E-state index contributed by atoms with van der Waals surface area (Å²) in [6, 6.07) is 8.84. The summed E-state index contributed by atoms with van der Waals surface area (Å²) in [5, 5.41) is 3.44. The maximum absolute atomic E-state index is 3.44. The molecule has 2 heterocycles. The summed E-state index contributed by atoms with van der Waals surface area (Å²) in [6.45, 7) is 4.87. The smallest absolute Gasteiger partial charge is 0.0399 e. The lowest BCUT2D eigenvalue weighted by molar-refractivity contribution is 0.567. The van der Waals surface area contributed by atoms with Crippen molar-refractivity contribution in [2.24, 2.45) is 5.92 Å². The SMILES string of the molecule is c1ccc2c(c1)CCN2CC1CCNC1. The lowest BCUT2D eigenvalue weighted by Gasteiger charge is -2.22. The van der Waals surface area contributed by atoms with Gasteiger partial charge in [0.1, 0.15) is 0 Å². The van der Waals surface area contributed by atoms with E-state index in [-0.39, 0.29) is 0 Å². The third kappa shape index (κ3) is 1.74. The van der Waals surface area contributed by atoms with Crippen molar-refractivity contribution in [2.75, 3.05) is 31.1 Å². The van der Waals surface area contributed by atoms with Gasteiger partial charge in [0.15, 0.2) is 0 Å². The molecule has 1 aromatic carbocycles. The Balaban J connectivity index is 1.73. The minimum Gasteiger partial charge on any atom is -0.371 e. The van der Waals surface area contributed by atoms with Crippen LogP contribution in [-0.2, 0) is 6.42 Å². The number of para-hydroxylation sites is 1. The molecule has 0 amide bonds. The normalized spacial score (nSPS) is 24.5. The van der Waals surface area contributed by atoms with E-state index in [0.29, 0.717) is 0 Å². The zero-order valence-electron chi connectivity index (χ0n) is 9.08. The Morgan fingerprint density at radius 1 is 1.33 bits per heavy atom. The number of rotatable bonds is 2. The van der Waals surface area contributed by atoms with Gasteiger partial charge in [-0.15, -0.1) is 0 Å². The molecule has 3 rings (SSSR count). The summed E-state index contributed by atoms with van der Waals surface area (Å²) in [5.41, 5.74) is 3.01. The second-order valence-electron chi connectivity index (χ2n) is 4.68. The van der Waals surface area contributed by atoms with Gasteiger partial charge in [-0.05, 0) is 43.5 Å². The van der Waals surface area contributed by atoms with Gasteiger partial charge >= 0.3 is 0 Å². The molecule has 0 bridgehead atoms. The summed E-state index contributed by atoms with van der Waals surface area (Å²) in [5.74, 6) is 0.858. The molecular weight excluding hydrogens is 184 g/mol. The van der Waals surface area contributed by atoms with Crippen LogP contribution >= 0.6 is 0 Å². The molecule has 1 fully saturated rings. The highest BCUT2D eigenvalue weighted by molar-refractivity contribution is 5.57. The Morgan fingerprint density at radius 2 is 2.27 bits per heavy atom. The summed E-state index contributed by atoms with van der Waals surface area (Å²) in [4.78, 5) is 2.56. The first-order valence-electron chi connectivity index (χ1n) is 5.97. The monoisotopic (exact) mass is 202 g/mol. The van der Waals surface area contributed by atoms with Crippen LogP contribution in [-0.4, -0.2) is 26.2 Å². The van der Waals surface area contributed by atoms with Crippen molar-refractivity contribution in [3.63, 3.8) is 0 Å². The zero-order chi connectivity index (χ0) is 10.1. The van der Waals surface area contributed by atoms with Crippen molar-refractivity contribution in [1.82, 2.24) is 5.32 Å². The molecule has 0 aliphatic carbocycles. The van der Waals surface area contributed by atoms with Gasteiger partial charge in [-0.2, -0.15) is 0 Å². The molecule has 1 unspecified atom stereocenters. The average molecular weight is 202 g/mol. The highest BCUT2D eigenvalue weighted by Crippen LogP contribution is 2.28. The highest BCUT2D eigenvalue weighted by Gasteiger charge is 2.23. The van der Waals surface area contributed by atoms with E-state index in [9.17, 15) is 0 Å². The van der Waals surface area contributed by atoms with E-state index >= 15 is 0 Å². The minimum absolute atomic E-state index is 0.858. The van der Waals surface area contributed by atoms with E-state index in [1.165, 1.54) is 50.3 Å². The van der Waals surface area contributed by atoms with Crippen molar-refractivity contribution in [3.8, 4) is 0 Å². The number of nitrogens with one attached hydrogen (secondary N) is 1. The molecule has 2 heteroatoms. The molecule has 0 radical (unpaired) electrons. The van der Waals surface area contributed by atoms with Crippen molar-refractivity contribution in [2.45, 2.75) is 12.8 Å². The number of nitrogens with zero attached hydrogens (tertiary/aromatic N) is 1. The molecule has 80 valence electrons. The molecule has 1 saturated heterocycles. The summed E-state index contributed by atoms with van der Waals surface area (Å²) >= 11 is 0. The first kappa shape index (κ1) is 9.22. The van der Waals surface area contributed by atoms with Gasteiger partial charge in [0.05, 0.1) is 0 Å². The fourth-order valence-electron chi connectivity index (χ4n) is 2.78. The van der Waals surface area contributed by atoms with Crippen molar-refractivity contribution in [3.05, 3.63) is 29.8 Å². The summed E-state index contributed by atoms with van der Waals surface area (Å²) < 4.78 is 0. The molecule has 15 heavy (non-hydrogen) atoms. The van der Waals surface area contributed by atoms with Crippen LogP contribution in [0.3, 0.4) is 0 Å². The predicted octanol–water partition coefficient (Wildman–Crippen LogP) is 1.66. The molecule has 1 aromatic rings. The first-order valence-corrected chi connectivity index (χ1v) is 5.97. The Kier molecular flexibility index (Phi) is 2.37. The van der Waals surface area contributed by atoms with Crippen LogP contribution in [0.4, 0.5) is 5.69 Å². The van der Waals surface area contributed by atoms with Gasteiger partial charge in [-0.1, -0.05) is 18.2 Å². The standard InChI is InChI=1S/C13H18N2/c1-2-4-13-12(3-1)6-8-15(13)10-11-5-7-14-9-11/h1-4,11,14H,5-10H2. The minimum atomic E-state index is 0.858. The molecule has 0 aromatic heterocycles. The van der Waals surface area contributed by atoms with E-state index < -0.39 is 0 Å². The van der Waals surface area contributed by atoms with Crippen molar-refractivity contribution in [1.29, 1.82) is 0 Å². The second-order valence-corrected chi connectivity index (χ2v) is 4.68. The van der Waals surface area contributed by atoms with Crippen LogP contribution < -0.4 is 10.2 Å². The molecule has 2 aliphatic heterocycles. The number of hydrogen-bond donors (Lipinski definition) is 1. The first-order chi connectivity index (χ1) is 7.43. The lowest BCUT2D eigenvalue weighted by Crippen LogP contribution is -2.28. The van der Waals surface area contributed by atoms with E-state index in [2.05, 4.69) is 34.5 Å². The number of benzene rings is 1.